The van der Waals surface area contributed by atoms with Crippen LogP contribution in [-0.4, -0.2) is 36.2 Å². The highest BCUT2D eigenvalue weighted by molar-refractivity contribution is 5.99. The van der Waals surface area contributed by atoms with Crippen LogP contribution in [0.25, 0.3) is 0 Å². The second-order valence-corrected chi connectivity index (χ2v) is 6.28. The molecule has 0 aliphatic heterocycles. The number of benzene rings is 2. The van der Waals surface area contributed by atoms with E-state index in [0.29, 0.717) is 36.0 Å². The molecule has 3 rings (SSSR count). The maximum Gasteiger partial charge on any atom is 0.247 e. The van der Waals surface area contributed by atoms with Crippen LogP contribution in [0.4, 0.5) is 33.2 Å². The molecule has 3 aromatic rings. The molecule has 9 heteroatoms. The van der Waals surface area contributed by atoms with Gasteiger partial charge in [0.05, 0.1) is 12.8 Å². The molecule has 0 atom stereocenters. The molecule has 8 nitrogen and oxygen atoms in total. The van der Waals surface area contributed by atoms with Gasteiger partial charge in [-0.25, -0.2) is 9.37 Å². The fourth-order valence-electron chi connectivity index (χ4n) is 2.53. The zero-order valence-corrected chi connectivity index (χ0v) is 20.9. The van der Waals surface area contributed by atoms with Gasteiger partial charge in [-0.1, -0.05) is 40.3 Å². The molecule has 0 aliphatic carbocycles. The number of rotatable bonds is 10. The van der Waals surface area contributed by atoms with Crippen molar-refractivity contribution in [2.75, 3.05) is 36.3 Å². The number of hydrogen-bond donors (Lipinski definition) is 3. The summed E-state index contributed by atoms with van der Waals surface area (Å²) in [6, 6.07) is 14.0. The Morgan fingerprint density at radius 3 is 2.34 bits per heavy atom. The molecule has 0 fully saturated rings. The van der Waals surface area contributed by atoms with Crippen molar-refractivity contribution in [3.63, 3.8) is 0 Å². The number of methoxy groups -OCH3 is 1. The summed E-state index contributed by atoms with van der Waals surface area (Å²) in [5.41, 5.74) is 1.80. The van der Waals surface area contributed by atoms with E-state index in [1.807, 2.05) is 27.7 Å². The maximum absolute atomic E-state index is 14.2. The Kier molecular flexibility index (Phi) is 13.8. The number of amides is 1. The summed E-state index contributed by atoms with van der Waals surface area (Å²) in [4.78, 5) is 19.6. The fraction of sp³-hybridized carbons (Fsp3) is 0.269. The smallest absolute Gasteiger partial charge is 0.247 e. The fourth-order valence-corrected chi connectivity index (χ4v) is 2.53. The molecule has 0 unspecified atom stereocenters. The monoisotopic (exact) mass is 483 g/mol. The lowest BCUT2D eigenvalue weighted by Crippen LogP contribution is -2.07. The van der Waals surface area contributed by atoms with Crippen molar-refractivity contribution in [3.05, 3.63) is 73.2 Å². The first kappa shape index (κ1) is 29.1. The Balaban J connectivity index is 0.00000145. The Bertz CT molecular complexity index is 1050. The van der Waals surface area contributed by atoms with Crippen LogP contribution >= 0.6 is 0 Å². The number of hydrogen-bond acceptors (Lipinski definition) is 7. The van der Waals surface area contributed by atoms with E-state index in [2.05, 4.69) is 32.5 Å². The van der Waals surface area contributed by atoms with Crippen molar-refractivity contribution < 1.29 is 18.7 Å². The number of anilines is 5. The maximum atomic E-state index is 14.2. The zero-order valence-electron chi connectivity index (χ0n) is 20.9. The van der Waals surface area contributed by atoms with Gasteiger partial charge in [-0.3, -0.25) is 4.79 Å². The highest BCUT2D eigenvalue weighted by atomic mass is 19.1. The third kappa shape index (κ3) is 10.2. The number of carbonyl (C=O) groups is 1. The largest absolute Gasteiger partial charge is 0.491 e. The second-order valence-electron chi connectivity index (χ2n) is 6.28. The molecule has 0 aliphatic rings. The van der Waals surface area contributed by atoms with Gasteiger partial charge in [0.25, 0.3) is 0 Å². The molecule has 0 saturated carbocycles. The lowest BCUT2D eigenvalue weighted by atomic mass is 10.2. The predicted molar refractivity (Wildman–Crippen MR) is 140 cm³/mol. The van der Waals surface area contributed by atoms with E-state index in [-0.39, 0.29) is 17.7 Å². The summed E-state index contributed by atoms with van der Waals surface area (Å²) in [6.07, 6.45) is 2.24. The van der Waals surface area contributed by atoms with Gasteiger partial charge in [0.1, 0.15) is 12.4 Å². The summed E-state index contributed by atoms with van der Waals surface area (Å²) in [5.74, 6) is -0.0503. The lowest BCUT2D eigenvalue weighted by molar-refractivity contribution is -0.111. The van der Waals surface area contributed by atoms with Gasteiger partial charge in [-0.2, -0.15) is 4.98 Å². The average molecular weight is 484 g/mol. The van der Waals surface area contributed by atoms with Gasteiger partial charge in [0.2, 0.25) is 11.9 Å². The molecule has 35 heavy (non-hydrogen) atoms. The Labute approximate surface area is 206 Å². The molecular formula is C26H34FN5O3. The lowest BCUT2D eigenvalue weighted by Gasteiger charge is -2.11. The average Bonchev–Trinajstić information content (AvgIpc) is 2.90. The molecule has 0 spiro atoms. The number of ether oxygens (including phenoxy) is 2. The van der Waals surface area contributed by atoms with Crippen LogP contribution < -0.4 is 20.7 Å². The van der Waals surface area contributed by atoms with Crippen molar-refractivity contribution >= 4 is 34.7 Å². The minimum absolute atomic E-state index is 0.00998. The quantitative estimate of drug-likeness (QED) is 0.230. The number of halogens is 1. The number of nitrogens with one attached hydrogen (secondary N) is 3. The molecule has 0 radical (unpaired) electrons. The van der Waals surface area contributed by atoms with Gasteiger partial charge >= 0.3 is 0 Å². The molecule has 1 amide bonds. The van der Waals surface area contributed by atoms with Crippen molar-refractivity contribution in [3.8, 4) is 5.75 Å². The Morgan fingerprint density at radius 1 is 1.00 bits per heavy atom. The normalized spacial score (nSPS) is 9.43. The Hall–Kier alpha value is -3.98. The van der Waals surface area contributed by atoms with Crippen LogP contribution in [0.2, 0.25) is 0 Å². The van der Waals surface area contributed by atoms with E-state index >= 15 is 0 Å². The van der Waals surface area contributed by atoms with E-state index in [0.717, 1.165) is 6.20 Å². The van der Waals surface area contributed by atoms with Crippen molar-refractivity contribution in [2.45, 2.75) is 27.7 Å². The summed E-state index contributed by atoms with van der Waals surface area (Å²) in [5, 5.41) is 8.56. The molecule has 2 aromatic carbocycles. The van der Waals surface area contributed by atoms with Crippen LogP contribution in [0, 0.1) is 5.82 Å². The van der Waals surface area contributed by atoms with E-state index in [9.17, 15) is 9.18 Å². The second kappa shape index (κ2) is 16.6. The van der Waals surface area contributed by atoms with E-state index in [1.165, 1.54) is 6.08 Å². The number of aromatic nitrogens is 2. The molecule has 1 aromatic heterocycles. The van der Waals surface area contributed by atoms with Gasteiger partial charge < -0.3 is 25.4 Å². The summed E-state index contributed by atoms with van der Waals surface area (Å²) < 4.78 is 24.7. The summed E-state index contributed by atoms with van der Waals surface area (Å²) in [7, 11) is 1.61. The first-order valence-corrected chi connectivity index (χ1v) is 11.4. The topological polar surface area (TPSA) is 97.4 Å². The van der Waals surface area contributed by atoms with Crippen molar-refractivity contribution in [1.82, 2.24) is 9.97 Å². The molecular weight excluding hydrogens is 449 g/mol. The molecule has 188 valence electrons. The van der Waals surface area contributed by atoms with Crippen LogP contribution in [0.3, 0.4) is 0 Å². The first-order valence-electron chi connectivity index (χ1n) is 11.4. The standard InChI is InChI=1S/C22H22FN5O3.2C2H6/c1-3-20(29)25-16-5-4-6-17(13-16)26-21-19(23)14-24-22(28-21)27-15-7-9-18(10-8-15)31-12-11-30-2;2*1-2/h3-10,13-14H,1,11-12H2,2H3,(H,25,29)(H2,24,26,27,28);2*1-2H3. The van der Waals surface area contributed by atoms with E-state index in [1.54, 1.807) is 55.6 Å². The third-order valence-electron chi connectivity index (χ3n) is 3.99. The van der Waals surface area contributed by atoms with Gasteiger partial charge in [-0.15, -0.1) is 0 Å². The number of carbonyl (C=O) groups excluding carboxylic acids is 1. The van der Waals surface area contributed by atoms with Gasteiger partial charge in [0, 0.05) is 24.2 Å². The van der Waals surface area contributed by atoms with Crippen LogP contribution in [0.15, 0.2) is 67.4 Å². The van der Waals surface area contributed by atoms with Crippen LogP contribution in [0.5, 0.6) is 5.75 Å². The SMILES string of the molecule is C=CC(=O)Nc1cccc(Nc2nc(Nc3ccc(OCCOC)cc3)ncc2F)c1.CC.CC. The first-order chi connectivity index (χ1) is 17.1. The van der Waals surface area contributed by atoms with Gasteiger partial charge in [-0.05, 0) is 48.5 Å². The minimum atomic E-state index is -0.618. The highest BCUT2D eigenvalue weighted by Crippen LogP contribution is 2.23. The number of nitrogens with zero attached hydrogens (tertiary/aromatic N) is 2. The van der Waals surface area contributed by atoms with Crippen LogP contribution in [-0.2, 0) is 9.53 Å². The van der Waals surface area contributed by atoms with E-state index < -0.39 is 5.82 Å². The minimum Gasteiger partial charge on any atom is -0.491 e. The molecule has 0 saturated heterocycles. The highest BCUT2D eigenvalue weighted by Gasteiger charge is 2.09. The predicted octanol–water partition coefficient (Wildman–Crippen LogP) is 6.31. The van der Waals surface area contributed by atoms with E-state index in [4.69, 9.17) is 9.47 Å². The van der Waals surface area contributed by atoms with Crippen molar-refractivity contribution in [1.29, 1.82) is 0 Å². The molecule has 0 bridgehead atoms. The van der Waals surface area contributed by atoms with Crippen molar-refractivity contribution in [2.24, 2.45) is 0 Å². The van der Waals surface area contributed by atoms with Gasteiger partial charge in [0.15, 0.2) is 11.6 Å². The zero-order chi connectivity index (χ0) is 26.1. The molecule has 1 heterocycles. The van der Waals surface area contributed by atoms with Crippen LogP contribution in [0.1, 0.15) is 27.7 Å². The summed E-state index contributed by atoms with van der Waals surface area (Å²) >= 11 is 0. The third-order valence-corrected chi connectivity index (χ3v) is 3.99. The molecule has 3 N–H and O–H groups in total. The summed E-state index contributed by atoms with van der Waals surface area (Å²) in [6.45, 7) is 12.4. The Morgan fingerprint density at radius 2 is 1.69 bits per heavy atom.